The number of carbonyl (C=O) groups excluding carboxylic acids is 2. The van der Waals surface area contributed by atoms with Crippen molar-refractivity contribution in [2.24, 2.45) is 5.92 Å². The smallest absolute Gasteiger partial charge is 0.238 e. The van der Waals surface area contributed by atoms with Crippen molar-refractivity contribution in [3.8, 4) is 5.75 Å². The fourth-order valence-corrected chi connectivity index (χ4v) is 4.03. The zero-order valence-corrected chi connectivity index (χ0v) is 15.2. The highest BCUT2D eigenvalue weighted by Gasteiger charge is 2.54. The van der Waals surface area contributed by atoms with Crippen LogP contribution in [0.15, 0.2) is 48.5 Å². The molecular formula is C21H22N2O3. The van der Waals surface area contributed by atoms with Crippen LogP contribution in [0.4, 0.5) is 5.69 Å². The van der Waals surface area contributed by atoms with Crippen LogP contribution in [0.5, 0.6) is 5.75 Å². The van der Waals surface area contributed by atoms with E-state index in [9.17, 15) is 9.59 Å². The second-order valence-electron chi connectivity index (χ2n) is 7.36. The first-order valence-corrected chi connectivity index (χ1v) is 8.82. The zero-order valence-electron chi connectivity index (χ0n) is 15.2. The molecule has 5 nitrogen and oxygen atoms in total. The van der Waals surface area contributed by atoms with Gasteiger partial charge in [-0.2, -0.15) is 0 Å². The van der Waals surface area contributed by atoms with Crippen LogP contribution < -0.4 is 10.1 Å². The van der Waals surface area contributed by atoms with Crippen LogP contribution in [0.1, 0.15) is 30.4 Å². The molecule has 0 aliphatic carbocycles. The zero-order chi connectivity index (χ0) is 18.5. The normalized spacial score (nSPS) is 26.7. The number of likely N-dealkylation sites (tertiary alicyclic amines) is 1. The number of carbonyl (C=O) groups is 2. The minimum atomic E-state index is -0.765. The molecule has 2 aliphatic heterocycles. The van der Waals surface area contributed by atoms with E-state index < -0.39 is 11.6 Å². The fraction of sp³-hybridized carbons (Fsp3) is 0.333. The van der Waals surface area contributed by atoms with Crippen molar-refractivity contribution < 1.29 is 14.3 Å². The molecule has 3 atom stereocenters. The number of aryl methyl sites for hydroxylation is 1. The SMILES string of the molecule is Cc1cccc(NC(=O)[C@H]2C(=O)N(C)[C@]3(C)C[C@@H]2c2ccccc2O3)c1. The van der Waals surface area contributed by atoms with Crippen molar-refractivity contribution in [2.45, 2.75) is 31.9 Å². The highest BCUT2D eigenvalue weighted by atomic mass is 16.5. The van der Waals surface area contributed by atoms with Crippen LogP contribution in [0.3, 0.4) is 0 Å². The van der Waals surface area contributed by atoms with E-state index in [4.69, 9.17) is 4.74 Å². The molecule has 1 saturated heterocycles. The van der Waals surface area contributed by atoms with Crippen LogP contribution >= 0.6 is 0 Å². The van der Waals surface area contributed by atoms with Gasteiger partial charge in [0.25, 0.3) is 0 Å². The van der Waals surface area contributed by atoms with Crippen molar-refractivity contribution in [3.05, 3.63) is 59.7 Å². The molecule has 0 saturated carbocycles. The first kappa shape index (κ1) is 16.6. The second-order valence-corrected chi connectivity index (χ2v) is 7.36. The summed E-state index contributed by atoms with van der Waals surface area (Å²) in [6.07, 6.45) is 0.595. The maximum absolute atomic E-state index is 13.0. The van der Waals surface area contributed by atoms with Gasteiger partial charge >= 0.3 is 0 Å². The lowest BCUT2D eigenvalue weighted by Gasteiger charge is -2.51. The minimum Gasteiger partial charge on any atom is -0.468 e. The molecular weight excluding hydrogens is 328 g/mol. The molecule has 2 aliphatic rings. The number of fused-ring (bicyclic) bond motifs is 4. The monoisotopic (exact) mass is 350 g/mol. The number of hydrogen-bond donors (Lipinski definition) is 1. The molecule has 0 radical (unpaired) electrons. The number of rotatable bonds is 2. The molecule has 5 heteroatoms. The summed E-state index contributed by atoms with van der Waals surface area (Å²) in [5.41, 5.74) is 1.96. The van der Waals surface area contributed by atoms with Gasteiger partial charge in [0.15, 0.2) is 5.72 Å². The number of anilines is 1. The number of hydrogen-bond acceptors (Lipinski definition) is 3. The third-order valence-corrected chi connectivity index (χ3v) is 5.52. The lowest BCUT2D eigenvalue weighted by molar-refractivity contribution is -0.170. The van der Waals surface area contributed by atoms with Gasteiger partial charge in [0, 0.05) is 25.1 Å². The molecule has 1 fully saturated rings. The Kier molecular flexibility index (Phi) is 3.75. The van der Waals surface area contributed by atoms with Gasteiger partial charge in [0.1, 0.15) is 11.7 Å². The number of benzene rings is 2. The van der Waals surface area contributed by atoms with E-state index >= 15 is 0 Å². The van der Waals surface area contributed by atoms with E-state index in [2.05, 4.69) is 5.32 Å². The number of nitrogens with zero attached hydrogens (tertiary/aromatic N) is 1. The van der Waals surface area contributed by atoms with E-state index in [1.807, 2.05) is 62.4 Å². The molecule has 0 spiro atoms. The average Bonchev–Trinajstić information content (AvgIpc) is 2.60. The van der Waals surface area contributed by atoms with Gasteiger partial charge in [0.05, 0.1) is 0 Å². The summed E-state index contributed by atoms with van der Waals surface area (Å²) in [7, 11) is 1.71. The van der Waals surface area contributed by atoms with E-state index in [-0.39, 0.29) is 17.7 Å². The largest absolute Gasteiger partial charge is 0.468 e. The van der Waals surface area contributed by atoms with E-state index in [1.165, 1.54) is 0 Å². The van der Waals surface area contributed by atoms with E-state index in [0.717, 1.165) is 16.9 Å². The predicted octanol–water partition coefficient (Wildman–Crippen LogP) is 3.30. The highest BCUT2D eigenvalue weighted by Crippen LogP contribution is 2.49. The molecule has 2 aromatic rings. The van der Waals surface area contributed by atoms with Gasteiger partial charge in [0.2, 0.25) is 11.8 Å². The first-order valence-electron chi connectivity index (χ1n) is 8.82. The van der Waals surface area contributed by atoms with Gasteiger partial charge in [-0.05, 0) is 43.2 Å². The molecule has 0 aromatic heterocycles. The molecule has 2 aromatic carbocycles. The van der Waals surface area contributed by atoms with E-state index in [1.54, 1.807) is 11.9 Å². The molecule has 1 N–H and O–H groups in total. The highest BCUT2D eigenvalue weighted by molar-refractivity contribution is 6.08. The van der Waals surface area contributed by atoms with Gasteiger partial charge in [-0.25, -0.2) is 0 Å². The van der Waals surface area contributed by atoms with Crippen molar-refractivity contribution in [1.29, 1.82) is 0 Å². The Morgan fingerprint density at radius 3 is 2.77 bits per heavy atom. The van der Waals surface area contributed by atoms with Crippen LogP contribution in [0.25, 0.3) is 0 Å². The number of ether oxygens (including phenoxy) is 1. The Morgan fingerprint density at radius 1 is 1.23 bits per heavy atom. The molecule has 0 unspecified atom stereocenters. The summed E-state index contributed by atoms with van der Waals surface area (Å²) in [6.45, 7) is 3.87. The first-order chi connectivity index (χ1) is 12.4. The molecule has 2 heterocycles. The van der Waals surface area contributed by atoms with Crippen LogP contribution in [-0.4, -0.2) is 29.5 Å². The van der Waals surface area contributed by atoms with E-state index in [0.29, 0.717) is 12.1 Å². The Morgan fingerprint density at radius 2 is 2.00 bits per heavy atom. The van der Waals surface area contributed by atoms with Gasteiger partial charge in [-0.15, -0.1) is 0 Å². The summed E-state index contributed by atoms with van der Waals surface area (Å²) < 4.78 is 6.11. The molecule has 134 valence electrons. The maximum atomic E-state index is 13.0. The second kappa shape index (κ2) is 5.87. The Balaban J connectivity index is 1.71. The number of amides is 2. The van der Waals surface area contributed by atoms with Crippen LogP contribution in [-0.2, 0) is 9.59 Å². The van der Waals surface area contributed by atoms with Crippen molar-refractivity contribution in [3.63, 3.8) is 0 Å². The van der Waals surface area contributed by atoms with Crippen LogP contribution in [0.2, 0.25) is 0 Å². The van der Waals surface area contributed by atoms with Crippen molar-refractivity contribution in [1.82, 2.24) is 4.90 Å². The third-order valence-electron chi connectivity index (χ3n) is 5.52. The number of para-hydroxylation sites is 1. The summed E-state index contributed by atoms with van der Waals surface area (Å²) in [4.78, 5) is 27.7. The van der Waals surface area contributed by atoms with Gasteiger partial charge < -0.3 is 15.0 Å². The Labute approximate surface area is 153 Å². The average molecular weight is 350 g/mol. The summed E-state index contributed by atoms with van der Waals surface area (Å²) >= 11 is 0. The molecule has 26 heavy (non-hydrogen) atoms. The van der Waals surface area contributed by atoms with Crippen molar-refractivity contribution in [2.75, 3.05) is 12.4 Å². The maximum Gasteiger partial charge on any atom is 0.238 e. The molecule has 2 amide bonds. The fourth-order valence-electron chi connectivity index (χ4n) is 4.03. The van der Waals surface area contributed by atoms with Gasteiger partial charge in [-0.3, -0.25) is 9.59 Å². The lowest BCUT2D eigenvalue weighted by atomic mass is 9.73. The third kappa shape index (κ3) is 2.55. The van der Waals surface area contributed by atoms with Gasteiger partial charge in [-0.1, -0.05) is 30.3 Å². The summed E-state index contributed by atoms with van der Waals surface area (Å²) in [6, 6.07) is 15.3. The van der Waals surface area contributed by atoms with Crippen molar-refractivity contribution >= 4 is 17.5 Å². The number of nitrogens with one attached hydrogen (secondary N) is 1. The molecule has 4 rings (SSSR count). The minimum absolute atomic E-state index is 0.196. The Hall–Kier alpha value is -2.82. The summed E-state index contributed by atoms with van der Waals surface area (Å²) in [5, 5.41) is 2.92. The summed E-state index contributed by atoms with van der Waals surface area (Å²) in [5.74, 6) is -0.685. The quantitative estimate of drug-likeness (QED) is 0.846. The molecule has 2 bridgehead atoms. The predicted molar refractivity (Wildman–Crippen MR) is 98.9 cm³/mol. The standard InChI is InChI=1S/C21H22N2O3/c1-13-7-6-8-14(11-13)22-19(24)18-16-12-21(2,23(3)20(18)25)26-17-10-5-4-9-15(16)17/h4-11,16,18H,12H2,1-3H3,(H,22,24)/t16-,18+,21+/m1/s1. The van der Waals surface area contributed by atoms with Crippen LogP contribution in [0, 0.1) is 12.8 Å². The lowest BCUT2D eigenvalue weighted by Crippen LogP contribution is -2.62. The Bertz CT molecular complexity index is 894. The topological polar surface area (TPSA) is 58.6 Å². The number of piperidine rings is 1.